The fraction of sp³-hybridized carbons (Fsp3) is 0.278. The third-order valence-electron chi connectivity index (χ3n) is 4.26. The molecule has 0 N–H and O–H groups in total. The van der Waals surface area contributed by atoms with Gasteiger partial charge in [-0.1, -0.05) is 35.9 Å². The van der Waals surface area contributed by atoms with E-state index in [2.05, 4.69) is 0 Å². The average Bonchev–Trinajstić information content (AvgIpc) is 2.92. The summed E-state index contributed by atoms with van der Waals surface area (Å²) in [4.78, 5) is 14.5. The van der Waals surface area contributed by atoms with E-state index in [0.717, 1.165) is 0 Å². The monoisotopic (exact) mass is 381 g/mol. The maximum atomic E-state index is 13.5. The van der Waals surface area contributed by atoms with Crippen molar-refractivity contribution < 1.29 is 17.6 Å². The Kier molecular flexibility index (Phi) is 5.11. The van der Waals surface area contributed by atoms with Gasteiger partial charge >= 0.3 is 0 Å². The fourth-order valence-corrected chi connectivity index (χ4v) is 4.96. The van der Waals surface area contributed by atoms with Gasteiger partial charge in [0.05, 0.1) is 22.1 Å². The van der Waals surface area contributed by atoms with E-state index in [1.807, 2.05) is 0 Å². The highest BCUT2D eigenvalue weighted by molar-refractivity contribution is 7.91. The molecule has 1 unspecified atom stereocenters. The number of rotatable bonds is 4. The number of halogens is 2. The van der Waals surface area contributed by atoms with Crippen molar-refractivity contribution >= 4 is 27.3 Å². The molecule has 2 aromatic rings. The van der Waals surface area contributed by atoms with Crippen LogP contribution in [-0.2, 0) is 16.4 Å². The molecule has 1 amide bonds. The molecule has 2 aromatic carbocycles. The van der Waals surface area contributed by atoms with Crippen molar-refractivity contribution in [3.05, 3.63) is 70.5 Å². The summed E-state index contributed by atoms with van der Waals surface area (Å²) < 4.78 is 37.2. The SMILES string of the molecule is O=C(c1ccccc1Cl)N(Cc1cccc(F)c1)C1CCS(=O)(=O)C1. The Labute approximate surface area is 151 Å². The summed E-state index contributed by atoms with van der Waals surface area (Å²) in [5.74, 6) is -0.787. The summed E-state index contributed by atoms with van der Waals surface area (Å²) in [6.07, 6.45) is 0.369. The minimum absolute atomic E-state index is 0.0487. The molecule has 1 aliphatic heterocycles. The van der Waals surface area contributed by atoms with E-state index in [9.17, 15) is 17.6 Å². The Morgan fingerprint density at radius 3 is 2.60 bits per heavy atom. The normalized spacial score (nSPS) is 18.9. The number of benzene rings is 2. The Morgan fingerprint density at radius 1 is 1.20 bits per heavy atom. The van der Waals surface area contributed by atoms with Crippen LogP contribution in [0.2, 0.25) is 5.02 Å². The van der Waals surface area contributed by atoms with E-state index in [-0.39, 0.29) is 24.0 Å². The molecule has 3 rings (SSSR count). The van der Waals surface area contributed by atoms with Crippen molar-refractivity contribution in [1.82, 2.24) is 4.90 Å². The first kappa shape index (κ1) is 17.9. The van der Waals surface area contributed by atoms with Gasteiger partial charge in [-0.05, 0) is 36.2 Å². The van der Waals surface area contributed by atoms with Gasteiger partial charge in [-0.3, -0.25) is 4.79 Å². The first-order valence-corrected chi connectivity index (χ1v) is 10.1. The van der Waals surface area contributed by atoms with Gasteiger partial charge in [-0.2, -0.15) is 0 Å². The molecule has 1 aliphatic rings. The molecule has 1 fully saturated rings. The van der Waals surface area contributed by atoms with Crippen LogP contribution in [0.4, 0.5) is 4.39 Å². The van der Waals surface area contributed by atoms with Crippen molar-refractivity contribution in [2.24, 2.45) is 0 Å². The molecule has 0 saturated carbocycles. The van der Waals surface area contributed by atoms with Gasteiger partial charge in [0.15, 0.2) is 9.84 Å². The first-order valence-electron chi connectivity index (χ1n) is 7.86. The summed E-state index contributed by atoms with van der Waals surface area (Å²) in [5.41, 5.74) is 0.912. The van der Waals surface area contributed by atoms with E-state index in [0.29, 0.717) is 22.6 Å². The number of sulfone groups is 1. The number of carbonyl (C=O) groups is 1. The Morgan fingerprint density at radius 2 is 1.96 bits per heavy atom. The highest BCUT2D eigenvalue weighted by Gasteiger charge is 2.35. The van der Waals surface area contributed by atoms with Crippen LogP contribution < -0.4 is 0 Å². The Bertz CT molecular complexity index is 901. The molecular weight excluding hydrogens is 365 g/mol. The second-order valence-electron chi connectivity index (χ2n) is 6.10. The maximum absolute atomic E-state index is 13.5. The number of nitrogens with zero attached hydrogens (tertiary/aromatic N) is 1. The maximum Gasteiger partial charge on any atom is 0.255 e. The molecule has 1 atom stereocenters. The van der Waals surface area contributed by atoms with Crippen LogP contribution in [0.1, 0.15) is 22.3 Å². The predicted molar refractivity (Wildman–Crippen MR) is 94.8 cm³/mol. The van der Waals surface area contributed by atoms with Crippen LogP contribution in [0.15, 0.2) is 48.5 Å². The van der Waals surface area contributed by atoms with E-state index in [1.54, 1.807) is 36.4 Å². The Balaban J connectivity index is 1.94. The summed E-state index contributed by atoms with van der Waals surface area (Å²) in [5, 5.41) is 0.303. The molecule has 132 valence electrons. The van der Waals surface area contributed by atoms with E-state index in [1.165, 1.54) is 17.0 Å². The predicted octanol–water partition coefficient (Wildman–Crippen LogP) is 3.31. The highest BCUT2D eigenvalue weighted by Crippen LogP contribution is 2.25. The van der Waals surface area contributed by atoms with Crippen LogP contribution >= 0.6 is 11.6 Å². The first-order chi connectivity index (χ1) is 11.9. The largest absolute Gasteiger partial charge is 0.330 e. The lowest BCUT2D eigenvalue weighted by atomic mass is 10.1. The van der Waals surface area contributed by atoms with Crippen LogP contribution in [0.5, 0.6) is 0 Å². The molecule has 4 nitrogen and oxygen atoms in total. The zero-order valence-corrected chi connectivity index (χ0v) is 14.9. The van der Waals surface area contributed by atoms with Crippen molar-refractivity contribution in [3.8, 4) is 0 Å². The van der Waals surface area contributed by atoms with Gasteiger partial charge in [-0.15, -0.1) is 0 Å². The molecule has 1 heterocycles. The lowest BCUT2D eigenvalue weighted by molar-refractivity contribution is 0.0681. The van der Waals surface area contributed by atoms with Gasteiger partial charge in [0.1, 0.15) is 5.82 Å². The van der Waals surface area contributed by atoms with Gasteiger partial charge in [0.2, 0.25) is 0 Å². The second-order valence-corrected chi connectivity index (χ2v) is 8.74. The second kappa shape index (κ2) is 7.14. The lowest BCUT2D eigenvalue weighted by Gasteiger charge is -2.29. The quantitative estimate of drug-likeness (QED) is 0.816. The van der Waals surface area contributed by atoms with Crippen LogP contribution in [0, 0.1) is 5.82 Å². The van der Waals surface area contributed by atoms with Crippen molar-refractivity contribution in [1.29, 1.82) is 0 Å². The van der Waals surface area contributed by atoms with Crippen LogP contribution in [-0.4, -0.2) is 36.8 Å². The van der Waals surface area contributed by atoms with E-state index < -0.39 is 21.7 Å². The molecule has 1 saturated heterocycles. The summed E-state index contributed by atoms with van der Waals surface area (Å²) >= 11 is 6.13. The smallest absolute Gasteiger partial charge is 0.255 e. The molecule has 0 bridgehead atoms. The molecule has 0 spiro atoms. The molecule has 25 heavy (non-hydrogen) atoms. The van der Waals surface area contributed by atoms with Crippen molar-refractivity contribution in [2.45, 2.75) is 19.0 Å². The summed E-state index contributed by atoms with van der Waals surface area (Å²) in [7, 11) is -3.17. The average molecular weight is 382 g/mol. The summed E-state index contributed by atoms with van der Waals surface area (Å²) in [6, 6.07) is 12.1. The number of hydrogen-bond acceptors (Lipinski definition) is 3. The van der Waals surface area contributed by atoms with Gasteiger partial charge < -0.3 is 4.90 Å². The third-order valence-corrected chi connectivity index (χ3v) is 6.34. The van der Waals surface area contributed by atoms with Gasteiger partial charge in [0.25, 0.3) is 5.91 Å². The minimum Gasteiger partial charge on any atom is -0.330 e. The van der Waals surface area contributed by atoms with Gasteiger partial charge in [0, 0.05) is 12.6 Å². The van der Waals surface area contributed by atoms with E-state index in [4.69, 9.17) is 11.6 Å². The summed E-state index contributed by atoms with van der Waals surface area (Å²) in [6.45, 7) is 0.127. The standard InChI is InChI=1S/C18H17ClFNO3S/c19-17-7-2-1-6-16(17)18(22)21(15-8-9-25(23,24)12-15)11-13-4-3-5-14(20)10-13/h1-7,10,15H,8-9,11-12H2. The van der Waals surface area contributed by atoms with Crippen LogP contribution in [0.3, 0.4) is 0 Å². The zero-order chi connectivity index (χ0) is 18.0. The number of amides is 1. The van der Waals surface area contributed by atoms with E-state index >= 15 is 0 Å². The minimum atomic E-state index is -3.17. The molecule has 7 heteroatoms. The lowest BCUT2D eigenvalue weighted by Crippen LogP contribution is -2.40. The van der Waals surface area contributed by atoms with Gasteiger partial charge in [-0.25, -0.2) is 12.8 Å². The fourth-order valence-electron chi connectivity index (χ4n) is 3.01. The number of hydrogen-bond donors (Lipinski definition) is 0. The highest BCUT2D eigenvalue weighted by atomic mass is 35.5. The molecule has 0 aliphatic carbocycles. The molecular formula is C18H17ClFNO3S. The van der Waals surface area contributed by atoms with Crippen LogP contribution in [0.25, 0.3) is 0 Å². The third kappa shape index (κ3) is 4.19. The molecule has 0 aromatic heterocycles. The zero-order valence-electron chi connectivity index (χ0n) is 13.4. The number of carbonyl (C=O) groups excluding carboxylic acids is 1. The topological polar surface area (TPSA) is 54.5 Å². The Hall–Kier alpha value is -1.92. The van der Waals surface area contributed by atoms with Crippen molar-refractivity contribution in [3.63, 3.8) is 0 Å². The molecule has 0 radical (unpaired) electrons. The van der Waals surface area contributed by atoms with Crippen molar-refractivity contribution in [2.75, 3.05) is 11.5 Å².